The van der Waals surface area contributed by atoms with Gasteiger partial charge in [0.15, 0.2) is 11.5 Å². The van der Waals surface area contributed by atoms with Gasteiger partial charge in [-0.25, -0.2) is 9.97 Å². The predicted molar refractivity (Wildman–Crippen MR) is 138 cm³/mol. The van der Waals surface area contributed by atoms with Gasteiger partial charge >= 0.3 is 0 Å². The van der Waals surface area contributed by atoms with Crippen LogP contribution >= 0.6 is 23.2 Å². The highest BCUT2D eigenvalue weighted by atomic mass is 35.5. The first-order chi connectivity index (χ1) is 16.8. The van der Waals surface area contributed by atoms with Gasteiger partial charge in [-0.15, -0.1) is 0 Å². The van der Waals surface area contributed by atoms with Crippen molar-refractivity contribution in [1.82, 2.24) is 14.9 Å². The predicted octanol–water partition coefficient (Wildman–Crippen LogP) is 3.66. The largest absolute Gasteiger partial charge is 0.493 e. The van der Waals surface area contributed by atoms with Crippen molar-refractivity contribution in [1.29, 1.82) is 0 Å². The third kappa shape index (κ3) is 7.44. The molecule has 2 aromatic rings. The quantitative estimate of drug-likeness (QED) is 0.429. The van der Waals surface area contributed by atoms with Crippen molar-refractivity contribution >= 4 is 45.8 Å². The third-order valence-corrected chi connectivity index (χ3v) is 6.39. The first kappa shape index (κ1) is 27.0. The van der Waals surface area contributed by atoms with E-state index in [1.807, 2.05) is 37.0 Å². The van der Waals surface area contributed by atoms with E-state index in [2.05, 4.69) is 15.3 Å². The molecule has 0 spiro atoms. The molecule has 1 aliphatic rings. The smallest absolute Gasteiger partial charge is 0.231 e. The lowest BCUT2D eigenvalue weighted by Gasteiger charge is -2.32. The highest BCUT2D eigenvalue weighted by Gasteiger charge is 2.23. The minimum absolute atomic E-state index is 0.0944. The van der Waals surface area contributed by atoms with Gasteiger partial charge < -0.3 is 25.3 Å². The van der Waals surface area contributed by atoms with Gasteiger partial charge in [-0.2, -0.15) is 0 Å². The van der Waals surface area contributed by atoms with Crippen LogP contribution in [0.3, 0.4) is 0 Å². The number of methoxy groups -OCH3 is 1. The van der Waals surface area contributed by atoms with Crippen LogP contribution in [0, 0.1) is 0 Å². The number of hydrogen-bond donors (Lipinski definition) is 2. The van der Waals surface area contributed by atoms with Crippen LogP contribution in [0.2, 0.25) is 0 Å². The zero-order chi connectivity index (χ0) is 25.4. The molecule has 3 N–H and O–H groups in total. The van der Waals surface area contributed by atoms with Crippen molar-refractivity contribution in [3.05, 3.63) is 40.7 Å². The van der Waals surface area contributed by atoms with Crippen LogP contribution < -0.4 is 20.5 Å². The fourth-order valence-corrected chi connectivity index (χ4v) is 4.03. The first-order valence-corrected chi connectivity index (χ1v) is 12.1. The molecule has 1 aliphatic heterocycles. The fraction of sp³-hybridized carbons (Fsp3) is 0.458. The summed E-state index contributed by atoms with van der Waals surface area (Å²) < 4.78 is 17.4. The number of carbonyl (C=O) groups excluding carboxylic acids is 1. The summed E-state index contributed by atoms with van der Waals surface area (Å²) in [4.78, 5) is 22.0. The van der Waals surface area contributed by atoms with Gasteiger partial charge in [0.2, 0.25) is 5.91 Å². The molecule has 2 unspecified atom stereocenters. The average molecular weight is 524 g/mol. The molecule has 11 heteroatoms. The number of primary amides is 1. The van der Waals surface area contributed by atoms with Gasteiger partial charge in [-0.3, -0.25) is 9.69 Å². The summed E-state index contributed by atoms with van der Waals surface area (Å²) in [5.74, 6) is 1.36. The number of hydrogen-bond acceptors (Lipinski definition) is 8. The summed E-state index contributed by atoms with van der Waals surface area (Å²) >= 11 is 12.4. The molecule has 2 heterocycles. The summed E-state index contributed by atoms with van der Waals surface area (Å²) in [6.45, 7) is 6.08. The Balaban J connectivity index is 1.78. The summed E-state index contributed by atoms with van der Waals surface area (Å²) in [7, 11) is 1.58. The second-order valence-electron chi connectivity index (χ2n) is 8.06. The van der Waals surface area contributed by atoms with Gasteiger partial charge in [-0.1, -0.05) is 36.2 Å². The van der Waals surface area contributed by atoms with E-state index >= 15 is 0 Å². The van der Waals surface area contributed by atoms with Gasteiger partial charge in [-0.05, 0) is 25.5 Å². The molecule has 0 aliphatic carbocycles. The second-order valence-corrected chi connectivity index (χ2v) is 8.87. The number of benzene rings is 1. The number of aromatic nitrogens is 2. The Kier molecular flexibility index (Phi) is 9.97. The number of nitrogens with zero attached hydrogens (tertiary/aromatic N) is 3. The number of halogens is 2. The number of fused-ring (bicyclic) bond motifs is 1. The number of anilines is 1. The van der Waals surface area contributed by atoms with Crippen molar-refractivity contribution in [3.8, 4) is 11.5 Å². The second kappa shape index (κ2) is 12.9. The summed E-state index contributed by atoms with van der Waals surface area (Å²) in [6.07, 6.45) is 5.66. The van der Waals surface area contributed by atoms with E-state index < -0.39 is 0 Å². The lowest BCUT2D eigenvalue weighted by Crippen LogP contribution is -2.47. The Hall–Kier alpha value is -2.59. The summed E-state index contributed by atoms with van der Waals surface area (Å²) in [6, 6.07) is 3.55. The number of carbonyl (C=O) groups is 1. The minimum Gasteiger partial charge on any atom is -0.493 e. The number of allylic oxidation sites excluding steroid dienone is 3. The van der Waals surface area contributed by atoms with Crippen LogP contribution in [0.5, 0.6) is 11.5 Å². The maximum absolute atomic E-state index is 11.2. The van der Waals surface area contributed by atoms with Crippen molar-refractivity contribution in [3.63, 3.8) is 0 Å². The Labute approximate surface area is 215 Å². The molecule has 35 heavy (non-hydrogen) atoms. The molecule has 190 valence electrons. The standard InChI is InChI=1S/C24H31Cl2N5O4/c1-4-15(8-19(26)18(25)5-2)30-24-17-9-21(33-3)22(10-20(17)28-14-29-24)35-13-16-11-31(6-7-34-16)12-23(27)32/h5,8-10,14-16H,4,6-7,11-13H2,1-3H3,(H2,27,32)(H,28,29,30)/b18-5+,19-8+. The monoisotopic (exact) mass is 523 g/mol. The van der Waals surface area contributed by atoms with Crippen LogP contribution in [0.4, 0.5) is 5.82 Å². The first-order valence-electron chi connectivity index (χ1n) is 11.4. The highest BCUT2D eigenvalue weighted by molar-refractivity contribution is 6.43. The number of morpholine rings is 1. The Morgan fingerprint density at radius 3 is 2.83 bits per heavy atom. The number of amides is 1. The molecule has 3 rings (SSSR count). The molecular weight excluding hydrogens is 493 g/mol. The highest BCUT2D eigenvalue weighted by Crippen LogP contribution is 2.34. The van der Waals surface area contributed by atoms with E-state index in [-0.39, 0.29) is 24.6 Å². The van der Waals surface area contributed by atoms with Crippen LogP contribution in [0.15, 0.2) is 40.7 Å². The summed E-state index contributed by atoms with van der Waals surface area (Å²) in [5, 5.41) is 5.14. The maximum atomic E-state index is 11.2. The normalized spacial score (nSPS) is 18.4. The molecule has 0 bridgehead atoms. The molecule has 2 atom stereocenters. The maximum Gasteiger partial charge on any atom is 0.231 e. The summed E-state index contributed by atoms with van der Waals surface area (Å²) in [5.41, 5.74) is 6.00. The van der Waals surface area contributed by atoms with Gasteiger partial charge in [0.1, 0.15) is 24.9 Å². The zero-order valence-electron chi connectivity index (χ0n) is 20.1. The van der Waals surface area contributed by atoms with Crippen LogP contribution in [-0.2, 0) is 9.53 Å². The van der Waals surface area contributed by atoms with Crippen molar-refractivity contribution in [2.45, 2.75) is 32.4 Å². The minimum atomic E-state index is -0.361. The Morgan fingerprint density at radius 2 is 2.14 bits per heavy atom. The number of rotatable bonds is 11. The van der Waals surface area contributed by atoms with Crippen LogP contribution in [0.25, 0.3) is 10.9 Å². The lowest BCUT2D eigenvalue weighted by atomic mass is 10.1. The van der Waals surface area contributed by atoms with Crippen molar-refractivity contribution in [2.75, 3.05) is 45.3 Å². The molecular formula is C24H31Cl2N5O4. The van der Waals surface area contributed by atoms with Gasteiger partial charge in [0, 0.05) is 30.6 Å². The molecule has 9 nitrogen and oxygen atoms in total. The van der Waals surface area contributed by atoms with Crippen molar-refractivity contribution < 1.29 is 19.0 Å². The SMILES string of the molecule is C/C=C(Cl)\C(Cl)=C/C(CC)Nc1ncnc2cc(OCC3CN(CC(N)=O)CCO3)c(OC)cc12. The van der Waals surface area contributed by atoms with E-state index in [9.17, 15) is 4.79 Å². The topological polar surface area (TPSA) is 112 Å². The van der Waals surface area contributed by atoms with Crippen LogP contribution in [0.1, 0.15) is 20.3 Å². The van der Waals surface area contributed by atoms with Crippen LogP contribution in [-0.4, -0.2) is 72.9 Å². The zero-order valence-corrected chi connectivity index (χ0v) is 21.6. The molecule has 1 saturated heterocycles. The van der Waals surface area contributed by atoms with E-state index in [0.29, 0.717) is 59.2 Å². The average Bonchev–Trinajstić information content (AvgIpc) is 2.85. The molecule has 1 aromatic heterocycles. The molecule has 1 amide bonds. The van der Waals surface area contributed by atoms with E-state index in [0.717, 1.165) is 11.8 Å². The third-order valence-electron chi connectivity index (χ3n) is 5.54. The van der Waals surface area contributed by atoms with Gasteiger partial charge in [0.25, 0.3) is 0 Å². The molecule has 1 aromatic carbocycles. The van der Waals surface area contributed by atoms with Crippen molar-refractivity contribution in [2.24, 2.45) is 5.73 Å². The van der Waals surface area contributed by atoms with E-state index in [1.165, 1.54) is 6.33 Å². The fourth-order valence-electron chi connectivity index (χ4n) is 3.71. The van der Waals surface area contributed by atoms with Gasteiger partial charge in [0.05, 0.1) is 35.8 Å². The number of nitrogens with two attached hydrogens (primary N) is 1. The molecule has 1 fully saturated rings. The van der Waals surface area contributed by atoms with E-state index in [1.54, 1.807) is 13.2 Å². The molecule has 0 radical (unpaired) electrons. The Bertz CT molecular complexity index is 1100. The van der Waals surface area contributed by atoms with E-state index in [4.69, 9.17) is 43.1 Å². The lowest BCUT2D eigenvalue weighted by molar-refractivity contribution is -0.121. The molecule has 0 saturated carbocycles. The number of ether oxygens (including phenoxy) is 3. The Morgan fingerprint density at radius 1 is 1.34 bits per heavy atom. The number of nitrogens with one attached hydrogen (secondary N) is 1.